The van der Waals surface area contributed by atoms with Crippen LogP contribution in [0.2, 0.25) is 0 Å². The monoisotopic (exact) mass is 255 g/mol. The molecule has 1 heterocycles. The zero-order valence-corrected chi connectivity index (χ0v) is 11.1. The molecular weight excluding hydrogens is 238 g/mol. The number of hydrogen-bond donors (Lipinski definition) is 2. The molecule has 0 saturated carbocycles. The predicted octanol–water partition coefficient (Wildman–Crippen LogP) is 2.46. The van der Waals surface area contributed by atoms with Crippen LogP contribution in [-0.2, 0) is 0 Å². The summed E-state index contributed by atoms with van der Waals surface area (Å²) in [5.41, 5.74) is 8.35. The summed E-state index contributed by atoms with van der Waals surface area (Å²) in [4.78, 5) is 15.9. The molecule has 98 valence electrons. The van der Waals surface area contributed by atoms with Gasteiger partial charge in [-0.15, -0.1) is 0 Å². The van der Waals surface area contributed by atoms with Crippen molar-refractivity contribution in [3.8, 4) is 0 Å². The van der Waals surface area contributed by atoms with Crippen LogP contribution in [0, 0.1) is 6.92 Å². The molecule has 4 heteroatoms. The fourth-order valence-electron chi connectivity index (χ4n) is 1.81. The van der Waals surface area contributed by atoms with Crippen LogP contribution in [0.3, 0.4) is 0 Å². The Balaban J connectivity index is 2.08. The van der Waals surface area contributed by atoms with Gasteiger partial charge in [-0.2, -0.15) is 0 Å². The minimum atomic E-state index is -0.151. The van der Waals surface area contributed by atoms with Gasteiger partial charge in [0.05, 0.1) is 6.04 Å². The van der Waals surface area contributed by atoms with Crippen molar-refractivity contribution in [1.29, 1.82) is 0 Å². The lowest BCUT2D eigenvalue weighted by atomic mass is 10.1. The molecule has 1 unspecified atom stereocenters. The SMILES string of the molecule is Cc1ccc(C(C)NC(=O)c2ccnc(N)c2)cc1. The third-order valence-electron chi connectivity index (χ3n) is 2.97. The second-order valence-electron chi connectivity index (χ2n) is 4.58. The van der Waals surface area contributed by atoms with Gasteiger partial charge >= 0.3 is 0 Å². The molecule has 0 aliphatic rings. The van der Waals surface area contributed by atoms with Gasteiger partial charge in [0.2, 0.25) is 0 Å². The summed E-state index contributed by atoms with van der Waals surface area (Å²) in [7, 11) is 0. The second kappa shape index (κ2) is 5.52. The Morgan fingerprint density at radius 2 is 1.95 bits per heavy atom. The zero-order chi connectivity index (χ0) is 13.8. The summed E-state index contributed by atoms with van der Waals surface area (Å²) in [6.45, 7) is 3.99. The maximum atomic E-state index is 12.1. The van der Waals surface area contributed by atoms with Crippen LogP contribution in [0.25, 0.3) is 0 Å². The Kier molecular flexibility index (Phi) is 3.80. The van der Waals surface area contributed by atoms with Crippen molar-refractivity contribution >= 4 is 11.7 Å². The van der Waals surface area contributed by atoms with Crippen LogP contribution in [0.15, 0.2) is 42.6 Å². The number of nitrogens with one attached hydrogen (secondary N) is 1. The Labute approximate surface area is 112 Å². The number of pyridine rings is 1. The van der Waals surface area contributed by atoms with Gasteiger partial charge in [-0.25, -0.2) is 4.98 Å². The number of aryl methyl sites for hydroxylation is 1. The van der Waals surface area contributed by atoms with Crippen molar-refractivity contribution in [3.63, 3.8) is 0 Å². The Hall–Kier alpha value is -2.36. The first kappa shape index (κ1) is 13.1. The summed E-state index contributed by atoms with van der Waals surface area (Å²) < 4.78 is 0. The fraction of sp³-hybridized carbons (Fsp3) is 0.200. The van der Waals surface area contributed by atoms with E-state index in [1.165, 1.54) is 11.8 Å². The lowest BCUT2D eigenvalue weighted by Gasteiger charge is -2.14. The maximum absolute atomic E-state index is 12.1. The van der Waals surface area contributed by atoms with E-state index in [1.54, 1.807) is 12.1 Å². The highest BCUT2D eigenvalue weighted by Gasteiger charge is 2.11. The summed E-state index contributed by atoms with van der Waals surface area (Å²) >= 11 is 0. The van der Waals surface area contributed by atoms with Gasteiger partial charge in [-0.3, -0.25) is 4.79 Å². The molecule has 19 heavy (non-hydrogen) atoms. The number of rotatable bonds is 3. The number of anilines is 1. The van der Waals surface area contributed by atoms with E-state index in [0.717, 1.165) is 5.56 Å². The number of aromatic nitrogens is 1. The number of nitrogens with zero attached hydrogens (tertiary/aromatic N) is 1. The molecule has 0 saturated heterocycles. The molecule has 1 aromatic carbocycles. The van der Waals surface area contributed by atoms with Gasteiger partial charge in [-0.1, -0.05) is 29.8 Å². The molecule has 1 amide bonds. The first-order chi connectivity index (χ1) is 9.06. The van der Waals surface area contributed by atoms with Crippen molar-refractivity contribution in [2.24, 2.45) is 0 Å². The summed E-state index contributed by atoms with van der Waals surface area (Å²) in [6, 6.07) is 11.3. The molecule has 3 N–H and O–H groups in total. The quantitative estimate of drug-likeness (QED) is 0.885. The maximum Gasteiger partial charge on any atom is 0.251 e. The van der Waals surface area contributed by atoms with E-state index >= 15 is 0 Å². The van der Waals surface area contributed by atoms with E-state index in [1.807, 2.05) is 38.1 Å². The van der Waals surface area contributed by atoms with Gasteiger partial charge in [0, 0.05) is 11.8 Å². The number of nitrogens with two attached hydrogens (primary N) is 1. The standard InChI is InChI=1S/C15H17N3O/c1-10-3-5-12(6-4-10)11(2)18-15(19)13-7-8-17-14(16)9-13/h3-9,11H,1-2H3,(H2,16,17)(H,18,19). The van der Waals surface area contributed by atoms with Crippen LogP contribution in [0.4, 0.5) is 5.82 Å². The van der Waals surface area contributed by atoms with Crippen LogP contribution in [0.1, 0.15) is 34.5 Å². The van der Waals surface area contributed by atoms with Crippen LogP contribution in [0.5, 0.6) is 0 Å². The van der Waals surface area contributed by atoms with Crippen LogP contribution in [-0.4, -0.2) is 10.9 Å². The molecule has 0 fully saturated rings. The minimum absolute atomic E-state index is 0.0533. The number of amides is 1. The zero-order valence-electron chi connectivity index (χ0n) is 11.1. The van der Waals surface area contributed by atoms with E-state index in [9.17, 15) is 4.79 Å². The molecule has 1 aromatic heterocycles. The summed E-state index contributed by atoms with van der Waals surface area (Å²) in [5, 5.41) is 2.94. The average molecular weight is 255 g/mol. The van der Waals surface area contributed by atoms with Crippen molar-refractivity contribution < 1.29 is 4.79 Å². The average Bonchev–Trinajstić information content (AvgIpc) is 2.39. The Bertz CT molecular complexity index is 578. The van der Waals surface area contributed by atoms with Crippen molar-refractivity contribution in [2.45, 2.75) is 19.9 Å². The lowest BCUT2D eigenvalue weighted by molar-refractivity contribution is 0.0940. The lowest BCUT2D eigenvalue weighted by Crippen LogP contribution is -2.26. The molecule has 4 nitrogen and oxygen atoms in total. The topological polar surface area (TPSA) is 68.0 Å². The molecule has 0 bridgehead atoms. The summed E-state index contributed by atoms with van der Waals surface area (Å²) in [6.07, 6.45) is 1.53. The van der Waals surface area contributed by atoms with Gasteiger partial charge in [0.15, 0.2) is 0 Å². The Morgan fingerprint density at radius 1 is 1.26 bits per heavy atom. The molecule has 0 spiro atoms. The van der Waals surface area contributed by atoms with Crippen molar-refractivity contribution in [3.05, 3.63) is 59.3 Å². The Morgan fingerprint density at radius 3 is 2.58 bits per heavy atom. The number of nitrogen functional groups attached to an aromatic ring is 1. The smallest absolute Gasteiger partial charge is 0.251 e. The first-order valence-electron chi connectivity index (χ1n) is 6.15. The highest BCUT2D eigenvalue weighted by atomic mass is 16.1. The third kappa shape index (κ3) is 3.31. The normalized spacial score (nSPS) is 11.9. The van der Waals surface area contributed by atoms with Gasteiger partial charge in [0.25, 0.3) is 5.91 Å². The van der Waals surface area contributed by atoms with Gasteiger partial charge < -0.3 is 11.1 Å². The van der Waals surface area contributed by atoms with E-state index in [2.05, 4.69) is 10.3 Å². The van der Waals surface area contributed by atoms with Gasteiger partial charge in [0.1, 0.15) is 5.82 Å². The molecule has 2 aromatic rings. The number of carbonyl (C=O) groups excluding carboxylic acids is 1. The van der Waals surface area contributed by atoms with E-state index in [-0.39, 0.29) is 11.9 Å². The fourth-order valence-corrected chi connectivity index (χ4v) is 1.81. The molecule has 2 rings (SSSR count). The first-order valence-corrected chi connectivity index (χ1v) is 6.15. The highest BCUT2D eigenvalue weighted by Crippen LogP contribution is 2.14. The predicted molar refractivity (Wildman–Crippen MR) is 75.7 cm³/mol. The second-order valence-corrected chi connectivity index (χ2v) is 4.58. The van der Waals surface area contributed by atoms with E-state index in [4.69, 9.17) is 5.73 Å². The van der Waals surface area contributed by atoms with Crippen molar-refractivity contribution in [1.82, 2.24) is 10.3 Å². The minimum Gasteiger partial charge on any atom is -0.384 e. The number of hydrogen-bond acceptors (Lipinski definition) is 3. The molecular formula is C15H17N3O. The van der Waals surface area contributed by atoms with E-state index < -0.39 is 0 Å². The third-order valence-corrected chi connectivity index (χ3v) is 2.97. The number of carbonyl (C=O) groups is 1. The number of benzene rings is 1. The largest absolute Gasteiger partial charge is 0.384 e. The van der Waals surface area contributed by atoms with E-state index in [0.29, 0.717) is 11.4 Å². The van der Waals surface area contributed by atoms with Gasteiger partial charge in [-0.05, 0) is 31.5 Å². The van der Waals surface area contributed by atoms with Crippen LogP contribution >= 0.6 is 0 Å². The molecule has 0 aliphatic carbocycles. The molecule has 0 aliphatic heterocycles. The van der Waals surface area contributed by atoms with Crippen LogP contribution < -0.4 is 11.1 Å². The van der Waals surface area contributed by atoms with Crippen molar-refractivity contribution in [2.75, 3.05) is 5.73 Å². The highest BCUT2D eigenvalue weighted by molar-refractivity contribution is 5.94. The summed E-state index contributed by atoms with van der Waals surface area (Å²) in [5.74, 6) is 0.192. The molecule has 1 atom stereocenters. The molecule has 0 radical (unpaired) electrons.